The number of ether oxygens (including phenoxy) is 2. The number of nitrogens with zero attached hydrogens (tertiary/aromatic N) is 1. The van der Waals surface area contributed by atoms with Crippen molar-refractivity contribution in [3.63, 3.8) is 0 Å². The molecule has 0 saturated carbocycles. The molecule has 0 heterocycles. The van der Waals surface area contributed by atoms with Crippen LogP contribution >= 0.6 is 0 Å². The number of amides is 1. The first-order valence-corrected chi connectivity index (χ1v) is 7.45. The number of nitro benzene ring substituents is 1. The minimum Gasteiger partial charge on any atom is -0.459 e. The quantitative estimate of drug-likeness (QED) is 0.366. The van der Waals surface area contributed by atoms with Gasteiger partial charge in [-0.15, -0.1) is 12.3 Å². The molecule has 0 aliphatic rings. The lowest BCUT2D eigenvalue weighted by Gasteiger charge is -2.22. The number of alkyl carbamates (subject to hydrolysis) is 1. The summed E-state index contributed by atoms with van der Waals surface area (Å²) in [5, 5.41) is 13.0. The number of hydrogen-bond donors (Lipinski definition) is 1. The molecular formula is C17H20N2O6. The van der Waals surface area contributed by atoms with Gasteiger partial charge in [-0.2, -0.15) is 0 Å². The first-order chi connectivity index (χ1) is 11.6. The van der Waals surface area contributed by atoms with E-state index in [1.807, 2.05) is 0 Å². The van der Waals surface area contributed by atoms with E-state index in [-0.39, 0.29) is 18.7 Å². The van der Waals surface area contributed by atoms with Gasteiger partial charge in [0.2, 0.25) is 0 Å². The zero-order chi connectivity index (χ0) is 19.0. The van der Waals surface area contributed by atoms with E-state index in [2.05, 4.69) is 11.2 Å². The Balaban J connectivity index is 2.62. The Morgan fingerprint density at radius 2 is 1.92 bits per heavy atom. The Kier molecular flexibility index (Phi) is 6.93. The van der Waals surface area contributed by atoms with Gasteiger partial charge in [-0.05, 0) is 38.5 Å². The summed E-state index contributed by atoms with van der Waals surface area (Å²) in [5.41, 5.74) is -0.212. The van der Waals surface area contributed by atoms with E-state index in [1.54, 1.807) is 20.8 Å². The molecule has 1 aromatic carbocycles. The van der Waals surface area contributed by atoms with Gasteiger partial charge < -0.3 is 14.8 Å². The maximum absolute atomic E-state index is 12.1. The maximum Gasteiger partial charge on any atom is 0.408 e. The molecule has 1 rings (SSSR count). The molecule has 0 aromatic heterocycles. The summed E-state index contributed by atoms with van der Waals surface area (Å²) in [6.07, 6.45) is 4.37. The summed E-state index contributed by atoms with van der Waals surface area (Å²) < 4.78 is 10.2. The third kappa shape index (κ3) is 7.35. The zero-order valence-corrected chi connectivity index (χ0v) is 14.3. The number of nitrogens with one attached hydrogen (secondary N) is 1. The van der Waals surface area contributed by atoms with Gasteiger partial charge in [-0.25, -0.2) is 9.59 Å². The Labute approximate surface area is 145 Å². The second kappa shape index (κ2) is 8.68. The van der Waals surface area contributed by atoms with Gasteiger partial charge in [0.25, 0.3) is 5.69 Å². The van der Waals surface area contributed by atoms with Crippen LogP contribution in [0.5, 0.6) is 0 Å². The molecule has 1 unspecified atom stereocenters. The number of carbonyl (C=O) groups is 2. The van der Waals surface area contributed by atoms with Crippen LogP contribution in [0.1, 0.15) is 32.8 Å². The van der Waals surface area contributed by atoms with Crippen molar-refractivity contribution >= 4 is 17.7 Å². The summed E-state index contributed by atoms with van der Waals surface area (Å²) >= 11 is 0. The highest BCUT2D eigenvalue weighted by atomic mass is 16.6. The molecule has 0 spiro atoms. The van der Waals surface area contributed by atoms with Crippen LogP contribution in [-0.4, -0.2) is 28.6 Å². The van der Waals surface area contributed by atoms with Crippen LogP contribution in [0.2, 0.25) is 0 Å². The summed E-state index contributed by atoms with van der Waals surface area (Å²) in [6, 6.07) is 4.52. The predicted octanol–water partition coefficient (Wildman–Crippen LogP) is 2.55. The minimum atomic E-state index is -1.04. The number of esters is 1. The van der Waals surface area contributed by atoms with E-state index in [0.717, 1.165) is 0 Å². The van der Waals surface area contributed by atoms with Crippen LogP contribution in [0.15, 0.2) is 24.3 Å². The fourth-order valence-electron chi connectivity index (χ4n) is 1.73. The van der Waals surface area contributed by atoms with Crippen molar-refractivity contribution < 1.29 is 24.0 Å². The van der Waals surface area contributed by atoms with Gasteiger partial charge in [0.05, 0.1) is 4.92 Å². The van der Waals surface area contributed by atoms with Crippen molar-refractivity contribution in [2.45, 2.75) is 45.4 Å². The molecule has 134 valence electrons. The van der Waals surface area contributed by atoms with E-state index < -0.39 is 28.6 Å². The molecule has 25 heavy (non-hydrogen) atoms. The molecule has 1 aromatic rings. The third-order valence-corrected chi connectivity index (χ3v) is 2.83. The standard InChI is InChI=1S/C17H20N2O6/c1-5-6-14(18-16(21)25-17(2,3)4)15(20)24-11-12-7-9-13(10-8-12)19(22)23/h1,7-10,14H,6,11H2,2-4H3,(H,18,21). The molecule has 1 N–H and O–H groups in total. The van der Waals surface area contributed by atoms with Crippen LogP contribution in [0.3, 0.4) is 0 Å². The third-order valence-electron chi connectivity index (χ3n) is 2.83. The van der Waals surface area contributed by atoms with Crippen LogP contribution in [0.25, 0.3) is 0 Å². The number of non-ortho nitro benzene ring substituents is 1. The Morgan fingerprint density at radius 3 is 2.40 bits per heavy atom. The van der Waals surface area contributed by atoms with Gasteiger partial charge in [0, 0.05) is 18.6 Å². The van der Waals surface area contributed by atoms with E-state index >= 15 is 0 Å². The molecule has 8 nitrogen and oxygen atoms in total. The number of carbonyl (C=O) groups excluding carboxylic acids is 2. The number of benzene rings is 1. The molecule has 0 bridgehead atoms. The van der Waals surface area contributed by atoms with Crippen molar-refractivity contribution in [3.05, 3.63) is 39.9 Å². The average molecular weight is 348 g/mol. The van der Waals surface area contributed by atoms with Gasteiger partial charge >= 0.3 is 12.1 Å². The van der Waals surface area contributed by atoms with Crippen molar-refractivity contribution in [2.24, 2.45) is 0 Å². The summed E-state index contributed by atoms with van der Waals surface area (Å²) in [4.78, 5) is 33.9. The molecule has 0 aliphatic heterocycles. The van der Waals surface area contributed by atoms with Crippen LogP contribution in [-0.2, 0) is 20.9 Å². The Morgan fingerprint density at radius 1 is 1.32 bits per heavy atom. The van der Waals surface area contributed by atoms with E-state index in [9.17, 15) is 19.7 Å². The normalized spacial score (nSPS) is 11.8. The lowest BCUT2D eigenvalue weighted by Crippen LogP contribution is -2.44. The van der Waals surface area contributed by atoms with E-state index in [0.29, 0.717) is 5.56 Å². The summed E-state index contributed by atoms with van der Waals surface area (Å²) in [7, 11) is 0. The van der Waals surface area contributed by atoms with Gasteiger partial charge in [-0.1, -0.05) is 0 Å². The molecule has 1 atom stereocenters. The first-order valence-electron chi connectivity index (χ1n) is 7.45. The fourth-order valence-corrected chi connectivity index (χ4v) is 1.73. The minimum absolute atomic E-state index is 0.0572. The molecule has 0 aliphatic carbocycles. The predicted molar refractivity (Wildman–Crippen MR) is 89.5 cm³/mol. The van der Waals surface area contributed by atoms with Crippen LogP contribution in [0.4, 0.5) is 10.5 Å². The number of rotatable bonds is 6. The average Bonchev–Trinajstić information content (AvgIpc) is 2.50. The maximum atomic E-state index is 12.1. The lowest BCUT2D eigenvalue weighted by atomic mass is 10.2. The summed E-state index contributed by atoms with van der Waals surface area (Å²) in [5.74, 6) is 1.57. The summed E-state index contributed by atoms with van der Waals surface area (Å²) in [6.45, 7) is 4.97. The number of nitro groups is 1. The Hall–Kier alpha value is -3.08. The van der Waals surface area contributed by atoms with Crippen molar-refractivity contribution in [2.75, 3.05) is 0 Å². The molecule has 0 saturated heterocycles. The van der Waals surface area contributed by atoms with Crippen molar-refractivity contribution in [1.82, 2.24) is 5.32 Å². The fraction of sp³-hybridized carbons (Fsp3) is 0.412. The zero-order valence-electron chi connectivity index (χ0n) is 14.3. The molecule has 1 amide bonds. The van der Waals surface area contributed by atoms with Crippen molar-refractivity contribution in [1.29, 1.82) is 0 Å². The number of terminal acetylenes is 1. The van der Waals surface area contributed by atoms with Crippen molar-refractivity contribution in [3.8, 4) is 12.3 Å². The van der Waals surface area contributed by atoms with Gasteiger partial charge in [0.15, 0.2) is 0 Å². The van der Waals surface area contributed by atoms with E-state index in [4.69, 9.17) is 15.9 Å². The highest BCUT2D eigenvalue weighted by Crippen LogP contribution is 2.13. The first kappa shape index (κ1) is 20.0. The molecule has 8 heteroatoms. The topological polar surface area (TPSA) is 108 Å². The highest BCUT2D eigenvalue weighted by molar-refractivity contribution is 5.81. The lowest BCUT2D eigenvalue weighted by molar-refractivity contribution is -0.384. The highest BCUT2D eigenvalue weighted by Gasteiger charge is 2.25. The smallest absolute Gasteiger partial charge is 0.408 e. The Bertz CT molecular complexity index is 670. The number of hydrogen-bond acceptors (Lipinski definition) is 6. The molecule has 0 fully saturated rings. The molecule has 0 radical (unpaired) electrons. The SMILES string of the molecule is C#CCC(NC(=O)OC(C)(C)C)C(=O)OCc1ccc([N+](=O)[O-])cc1. The second-order valence-electron chi connectivity index (χ2n) is 6.14. The van der Waals surface area contributed by atoms with Gasteiger partial charge in [-0.3, -0.25) is 10.1 Å². The van der Waals surface area contributed by atoms with E-state index in [1.165, 1.54) is 24.3 Å². The van der Waals surface area contributed by atoms with Crippen LogP contribution < -0.4 is 5.32 Å². The monoisotopic (exact) mass is 348 g/mol. The largest absolute Gasteiger partial charge is 0.459 e. The molecular weight excluding hydrogens is 328 g/mol. The van der Waals surface area contributed by atoms with Gasteiger partial charge in [0.1, 0.15) is 18.2 Å². The van der Waals surface area contributed by atoms with Crippen LogP contribution in [0, 0.1) is 22.5 Å². The second-order valence-corrected chi connectivity index (χ2v) is 6.14.